The van der Waals surface area contributed by atoms with Gasteiger partial charge in [0.25, 0.3) is 5.91 Å². The molecule has 1 N–H and O–H groups in total. The van der Waals surface area contributed by atoms with Crippen LogP contribution in [-0.2, 0) is 12.7 Å². The normalized spacial score (nSPS) is 11.4. The summed E-state index contributed by atoms with van der Waals surface area (Å²) in [6.07, 6.45) is -3.09. The van der Waals surface area contributed by atoms with E-state index in [-0.39, 0.29) is 18.1 Å². The van der Waals surface area contributed by atoms with Gasteiger partial charge in [0.2, 0.25) is 0 Å². The number of nitrogens with one attached hydrogen (secondary N) is 1. The Morgan fingerprint density at radius 2 is 1.96 bits per heavy atom. The first-order valence-corrected chi connectivity index (χ1v) is 7.87. The van der Waals surface area contributed by atoms with Crippen molar-refractivity contribution in [3.8, 4) is 5.69 Å². The van der Waals surface area contributed by atoms with E-state index in [4.69, 9.17) is 0 Å². The van der Waals surface area contributed by atoms with E-state index < -0.39 is 17.6 Å². The SMILES string of the molecule is Cc1cc(-n2cc(C(=O)NCc3cccc(C(F)(F)F)c3)nn2)ccc1F. The van der Waals surface area contributed by atoms with E-state index in [2.05, 4.69) is 15.6 Å². The quantitative estimate of drug-likeness (QED) is 0.705. The second-order valence-electron chi connectivity index (χ2n) is 5.86. The van der Waals surface area contributed by atoms with Gasteiger partial charge in [-0.25, -0.2) is 9.07 Å². The molecule has 1 amide bonds. The van der Waals surface area contributed by atoms with Crippen LogP contribution in [0, 0.1) is 12.7 Å². The highest BCUT2D eigenvalue weighted by Crippen LogP contribution is 2.29. The molecule has 2 aromatic carbocycles. The zero-order valence-electron chi connectivity index (χ0n) is 14.1. The third-order valence-electron chi connectivity index (χ3n) is 3.84. The van der Waals surface area contributed by atoms with Crippen LogP contribution in [0.25, 0.3) is 5.69 Å². The number of benzene rings is 2. The molecule has 3 aromatic rings. The maximum Gasteiger partial charge on any atom is 0.416 e. The van der Waals surface area contributed by atoms with E-state index in [1.807, 2.05) is 0 Å². The number of rotatable bonds is 4. The van der Waals surface area contributed by atoms with Gasteiger partial charge in [-0.3, -0.25) is 4.79 Å². The van der Waals surface area contributed by atoms with Gasteiger partial charge in [-0.1, -0.05) is 17.3 Å². The van der Waals surface area contributed by atoms with Gasteiger partial charge in [0.1, 0.15) is 5.82 Å². The standard InChI is InChI=1S/C18H14F4N4O/c1-11-7-14(5-6-15(11)19)26-10-16(24-25-26)17(27)23-9-12-3-2-4-13(8-12)18(20,21)22/h2-8,10H,9H2,1H3,(H,23,27). The minimum absolute atomic E-state index is 0.0102. The van der Waals surface area contributed by atoms with Crippen LogP contribution in [0.15, 0.2) is 48.7 Å². The Hall–Kier alpha value is -3.23. The number of amides is 1. The lowest BCUT2D eigenvalue weighted by Crippen LogP contribution is -2.23. The first-order valence-electron chi connectivity index (χ1n) is 7.87. The van der Waals surface area contributed by atoms with E-state index in [0.29, 0.717) is 16.8 Å². The molecule has 0 saturated heterocycles. The van der Waals surface area contributed by atoms with Crippen LogP contribution in [0.2, 0.25) is 0 Å². The fourth-order valence-electron chi connectivity index (χ4n) is 2.40. The monoisotopic (exact) mass is 378 g/mol. The smallest absolute Gasteiger partial charge is 0.347 e. The molecule has 0 aliphatic rings. The number of hydrogen-bond acceptors (Lipinski definition) is 3. The van der Waals surface area contributed by atoms with Crippen LogP contribution in [0.1, 0.15) is 27.2 Å². The van der Waals surface area contributed by atoms with Crippen molar-refractivity contribution in [1.29, 1.82) is 0 Å². The number of carbonyl (C=O) groups excluding carboxylic acids is 1. The molecule has 0 saturated carbocycles. The van der Waals surface area contributed by atoms with Crippen molar-refractivity contribution in [2.45, 2.75) is 19.6 Å². The van der Waals surface area contributed by atoms with Crippen molar-refractivity contribution in [3.63, 3.8) is 0 Å². The van der Waals surface area contributed by atoms with Gasteiger partial charge in [0.15, 0.2) is 5.69 Å². The van der Waals surface area contributed by atoms with Gasteiger partial charge in [0.05, 0.1) is 17.4 Å². The molecule has 0 spiro atoms. The predicted octanol–water partition coefficient (Wildman–Crippen LogP) is 3.66. The summed E-state index contributed by atoms with van der Waals surface area (Å²) in [5.74, 6) is -0.949. The minimum atomic E-state index is -4.45. The molecule has 0 aliphatic heterocycles. The third-order valence-corrected chi connectivity index (χ3v) is 3.84. The molecule has 27 heavy (non-hydrogen) atoms. The first-order chi connectivity index (χ1) is 12.7. The molecule has 0 fully saturated rings. The number of nitrogens with zero attached hydrogens (tertiary/aromatic N) is 3. The van der Waals surface area contributed by atoms with Crippen molar-refractivity contribution in [3.05, 3.63) is 76.9 Å². The highest BCUT2D eigenvalue weighted by atomic mass is 19.4. The first kappa shape index (κ1) is 18.6. The van der Waals surface area contributed by atoms with Crippen LogP contribution in [0.4, 0.5) is 17.6 Å². The number of alkyl halides is 3. The summed E-state index contributed by atoms with van der Waals surface area (Å²) in [6, 6.07) is 9.00. The van der Waals surface area contributed by atoms with Crippen LogP contribution < -0.4 is 5.32 Å². The van der Waals surface area contributed by atoms with Crippen molar-refractivity contribution >= 4 is 5.91 Å². The van der Waals surface area contributed by atoms with Crippen LogP contribution in [0.3, 0.4) is 0 Å². The summed E-state index contributed by atoms with van der Waals surface area (Å²) in [4.78, 5) is 12.2. The lowest BCUT2D eigenvalue weighted by Gasteiger charge is -2.09. The zero-order valence-corrected chi connectivity index (χ0v) is 14.1. The molecule has 0 atom stereocenters. The van der Waals surface area contributed by atoms with Gasteiger partial charge < -0.3 is 5.32 Å². The lowest BCUT2D eigenvalue weighted by molar-refractivity contribution is -0.137. The highest BCUT2D eigenvalue weighted by Gasteiger charge is 2.30. The number of carbonyl (C=O) groups is 1. The molecule has 0 radical (unpaired) electrons. The van der Waals surface area contributed by atoms with Gasteiger partial charge in [0, 0.05) is 6.54 Å². The highest BCUT2D eigenvalue weighted by molar-refractivity contribution is 5.91. The molecule has 0 unspecified atom stereocenters. The van der Waals surface area contributed by atoms with E-state index in [1.165, 1.54) is 35.1 Å². The zero-order chi connectivity index (χ0) is 19.6. The molecule has 9 heteroatoms. The van der Waals surface area contributed by atoms with Gasteiger partial charge in [-0.05, 0) is 48.4 Å². The second kappa shape index (κ2) is 7.18. The summed E-state index contributed by atoms with van der Waals surface area (Å²) in [6.45, 7) is 1.50. The maximum atomic E-state index is 13.3. The van der Waals surface area contributed by atoms with Crippen molar-refractivity contribution in [1.82, 2.24) is 20.3 Å². The molecule has 5 nitrogen and oxygen atoms in total. The Kier molecular flexibility index (Phi) is 4.93. The minimum Gasteiger partial charge on any atom is -0.347 e. The summed E-state index contributed by atoms with van der Waals surface area (Å²) >= 11 is 0. The third kappa shape index (κ3) is 4.30. The molecular formula is C18H14F4N4O. The number of aromatic nitrogens is 3. The summed E-state index contributed by atoms with van der Waals surface area (Å²) in [5, 5.41) is 10.1. The van der Waals surface area contributed by atoms with Crippen molar-refractivity contribution in [2.75, 3.05) is 0 Å². The molecule has 0 bridgehead atoms. The van der Waals surface area contributed by atoms with E-state index >= 15 is 0 Å². The number of aryl methyl sites for hydroxylation is 1. The van der Waals surface area contributed by atoms with E-state index in [9.17, 15) is 22.4 Å². The summed E-state index contributed by atoms with van der Waals surface area (Å²) in [7, 11) is 0. The average molecular weight is 378 g/mol. The topological polar surface area (TPSA) is 59.8 Å². The molecule has 1 aromatic heterocycles. The molecule has 1 heterocycles. The number of halogens is 4. The second-order valence-corrected chi connectivity index (χ2v) is 5.86. The molecule has 3 rings (SSSR count). The number of hydrogen-bond donors (Lipinski definition) is 1. The van der Waals surface area contributed by atoms with Crippen molar-refractivity contribution in [2.24, 2.45) is 0 Å². The van der Waals surface area contributed by atoms with E-state index in [1.54, 1.807) is 13.0 Å². The summed E-state index contributed by atoms with van der Waals surface area (Å²) < 4.78 is 52.8. The van der Waals surface area contributed by atoms with Crippen LogP contribution >= 0.6 is 0 Å². The Bertz CT molecular complexity index is 981. The maximum absolute atomic E-state index is 13.3. The molecule has 0 aliphatic carbocycles. The largest absolute Gasteiger partial charge is 0.416 e. The predicted molar refractivity (Wildman–Crippen MR) is 88.7 cm³/mol. The molecule has 140 valence electrons. The molecular weight excluding hydrogens is 364 g/mol. The average Bonchev–Trinajstić information content (AvgIpc) is 3.12. The van der Waals surface area contributed by atoms with Crippen LogP contribution in [-0.4, -0.2) is 20.9 Å². The lowest BCUT2D eigenvalue weighted by atomic mass is 10.1. The van der Waals surface area contributed by atoms with Gasteiger partial charge in [-0.2, -0.15) is 13.2 Å². The Morgan fingerprint density at radius 1 is 1.19 bits per heavy atom. The summed E-state index contributed by atoms with van der Waals surface area (Å²) in [5.41, 5.74) is 0.451. The fourth-order valence-corrected chi connectivity index (χ4v) is 2.40. The van der Waals surface area contributed by atoms with Crippen LogP contribution in [0.5, 0.6) is 0 Å². The van der Waals surface area contributed by atoms with E-state index in [0.717, 1.165) is 12.1 Å². The van der Waals surface area contributed by atoms with Gasteiger partial charge in [-0.15, -0.1) is 5.10 Å². The van der Waals surface area contributed by atoms with Gasteiger partial charge >= 0.3 is 6.18 Å². The fraction of sp³-hybridized carbons (Fsp3) is 0.167. The Balaban J connectivity index is 1.69. The Labute approximate surface area is 151 Å². The van der Waals surface area contributed by atoms with Crippen molar-refractivity contribution < 1.29 is 22.4 Å². The Morgan fingerprint density at radius 3 is 2.67 bits per heavy atom.